The van der Waals surface area contributed by atoms with Crippen LogP contribution in [-0.4, -0.2) is 33.7 Å². The van der Waals surface area contributed by atoms with Crippen molar-refractivity contribution in [2.45, 2.75) is 13.8 Å². The van der Waals surface area contributed by atoms with Gasteiger partial charge in [0.1, 0.15) is 12.4 Å². The first-order valence-corrected chi connectivity index (χ1v) is 5.88. The maximum atomic E-state index is 12.0. The standard InChI is InChI=1S/C13H16N2O3/c1-9(2)13(17)11-7-14-15-8-10(18-6-5-16)3-4-12(11)15/h3-4,7-9,16H,5-6H2,1-2H3. The molecule has 0 aromatic carbocycles. The summed E-state index contributed by atoms with van der Waals surface area (Å²) in [6, 6.07) is 3.57. The molecule has 0 radical (unpaired) electrons. The van der Waals surface area contributed by atoms with Crippen LogP contribution in [0.5, 0.6) is 5.75 Å². The molecule has 2 rings (SSSR count). The molecule has 2 aromatic rings. The van der Waals surface area contributed by atoms with Crippen LogP contribution in [0, 0.1) is 5.92 Å². The average Bonchev–Trinajstić information content (AvgIpc) is 2.78. The third kappa shape index (κ3) is 2.36. The summed E-state index contributed by atoms with van der Waals surface area (Å²) in [5.74, 6) is 0.639. The third-order valence-electron chi connectivity index (χ3n) is 2.64. The number of nitrogens with zero attached hydrogens (tertiary/aromatic N) is 2. The first kappa shape index (κ1) is 12.6. The fraction of sp³-hybridized carbons (Fsp3) is 0.385. The smallest absolute Gasteiger partial charge is 0.169 e. The van der Waals surface area contributed by atoms with Gasteiger partial charge in [0, 0.05) is 5.92 Å². The number of hydrogen-bond donors (Lipinski definition) is 1. The molecule has 0 spiro atoms. The molecule has 5 nitrogen and oxygen atoms in total. The van der Waals surface area contributed by atoms with Gasteiger partial charge in [-0.05, 0) is 12.1 Å². The quantitative estimate of drug-likeness (QED) is 0.815. The average molecular weight is 248 g/mol. The summed E-state index contributed by atoms with van der Waals surface area (Å²) in [5.41, 5.74) is 1.39. The molecule has 0 aliphatic rings. The van der Waals surface area contributed by atoms with Crippen LogP contribution in [0.3, 0.4) is 0 Å². The Morgan fingerprint density at radius 3 is 2.94 bits per heavy atom. The van der Waals surface area contributed by atoms with Gasteiger partial charge in [-0.2, -0.15) is 5.10 Å². The van der Waals surface area contributed by atoms with E-state index in [1.165, 1.54) is 0 Å². The molecule has 2 heterocycles. The van der Waals surface area contributed by atoms with Gasteiger partial charge in [-0.25, -0.2) is 4.52 Å². The molecule has 2 aromatic heterocycles. The molecule has 0 bridgehead atoms. The molecule has 0 aliphatic heterocycles. The van der Waals surface area contributed by atoms with Crippen molar-refractivity contribution in [3.8, 4) is 5.75 Å². The van der Waals surface area contributed by atoms with E-state index in [0.717, 1.165) is 5.52 Å². The van der Waals surface area contributed by atoms with Crippen LogP contribution in [0.2, 0.25) is 0 Å². The number of Topliss-reactive ketones (excluding diaryl/α,β-unsaturated/α-hetero) is 1. The number of aromatic nitrogens is 2. The van der Waals surface area contributed by atoms with Crippen LogP contribution in [0.1, 0.15) is 24.2 Å². The monoisotopic (exact) mass is 248 g/mol. The highest BCUT2D eigenvalue weighted by atomic mass is 16.5. The Morgan fingerprint density at radius 2 is 2.28 bits per heavy atom. The van der Waals surface area contributed by atoms with Crippen molar-refractivity contribution in [3.05, 3.63) is 30.1 Å². The van der Waals surface area contributed by atoms with Gasteiger partial charge < -0.3 is 9.84 Å². The normalized spacial score (nSPS) is 11.1. The highest BCUT2D eigenvalue weighted by Gasteiger charge is 2.15. The number of rotatable bonds is 5. The molecular weight excluding hydrogens is 232 g/mol. The first-order valence-electron chi connectivity index (χ1n) is 5.88. The van der Waals surface area contributed by atoms with Crippen LogP contribution in [-0.2, 0) is 0 Å². The summed E-state index contributed by atoms with van der Waals surface area (Å²) >= 11 is 0. The second-order valence-corrected chi connectivity index (χ2v) is 4.34. The maximum absolute atomic E-state index is 12.0. The molecule has 0 saturated carbocycles. The van der Waals surface area contributed by atoms with Crippen LogP contribution >= 0.6 is 0 Å². The van der Waals surface area contributed by atoms with Crippen molar-refractivity contribution in [1.82, 2.24) is 9.61 Å². The van der Waals surface area contributed by atoms with Crippen molar-refractivity contribution < 1.29 is 14.6 Å². The summed E-state index contributed by atoms with van der Waals surface area (Å²) in [7, 11) is 0. The van der Waals surface area contributed by atoms with Gasteiger partial charge in [-0.1, -0.05) is 13.8 Å². The van der Waals surface area contributed by atoms with Crippen LogP contribution in [0.25, 0.3) is 5.52 Å². The molecule has 5 heteroatoms. The van der Waals surface area contributed by atoms with Gasteiger partial charge in [0.05, 0.1) is 30.1 Å². The van der Waals surface area contributed by atoms with E-state index in [1.54, 1.807) is 29.0 Å². The highest BCUT2D eigenvalue weighted by Crippen LogP contribution is 2.18. The molecule has 0 saturated heterocycles. The lowest BCUT2D eigenvalue weighted by molar-refractivity contribution is 0.0941. The lowest BCUT2D eigenvalue weighted by Crippen LogP contribution is -2.07. The number of ketones is 1. The minimum Gasteiger partial charge on any atom is -0.490 e. The van der Waals surface area contributed by atoms with Gasteiger partial charge >= 0.3 is 0 Å². The minimum atomic E-state index is -0.0525. The number of hydrogen-bond acceptors (Lipinski definition) is 4. The minimum absolute atomic E-state index is 0.0335. The number of aliphatic hydroxyl groups is 1. The summed E-state index contributed by atoms with van der Waals surface area (Å²) < 4.78 is 6.90. The molecule has 0 amide bonds. The molecule has 0 unspecified atom stereocenters. The number of ether oxygens (including phenoxy) is 1. The molecule has 1 N–H and O–H groups in total. The highest BCUT2D eigenvalue weighted by molar-refractivity contribution is 6.03. The van der Waals surface area contributed by atoms with E-state index in [-0.39, 0.29) is 24.9 Å². The molecule has 0 fully saturated rings. The van der Waals surface area contributed by atoms with Gasteiger partial charge in [0.25, 0.3) is 0 Å². The van der Waals surface area contributed by atoms with Crippen molar-refractivity contribution in [2.24, 2.45) is 5.92 Å². The molecule has 0 atom stereocenters. The topological polar surface area (TPSA) is 63.8 Å². The summed E-state index contributed by atoms with van der Waals surface area (Å²) in [6.07, 6.45) is 3.27. The fourth-order valence-electron chi connectivity index (χ4n) is 1.72. The van der Waals surface area contributed by atoms with Gasteiger partial charge in [0.15, 0.2) is 5.78 Å². The Hall–Kier alpha value is -1.88. The Balaban J connectivity index is 2.34. The van der Waals surface area contributed by atoms with Crippen molar-refractivity contribution in [1.29, 1.82) is 0 Å². The number of fused-ring (bicyclic) bond motifs is 1. The zero-order chi connectivity index (χ0) is 13.1. The van der Waals surface area contributed by atoms with Crippen LogP contribution in [0.4, 0.5) is 0 Å². The number of aliphatic hydroxyl groups excluding tert-OH is 1. The van der Waals surface area contributed by atoms with Crippen LogP contribution in [0.15, 0.2) is 24.5 Å². The fourth-order valence-corrected chi connectivity index (χ4v) is 1.72. The lowest BCUT2D eigenvalue weighted by Gasteiger charge is -2.05. The zero-order valence-electron chi connectivity index (χ0n) is 10.5. The van der Waals surface area contributed by atoms with Crippen molar-refractivity contribution in [3.63, 3.8) is 0 Å². The Morgan fingerprint density at radius 1 is 1.50 bits per heavy atom. The number of carbonyl (C=O) groups is 1. The van der Waals surface area contributed by atoms with Gasteiger partial charge in [-0.3, -0.25) is 4.79 Å². The Labute approximate surface area is 105 Å². The largest absolute Gasteiger partial charge is 0.490 e. The predicted molar refractivity (Wildman–Crippen MR) is 66.9 cm³/mol. The second kappa shape index (κ2) is 5.18. The molecule has 0 aliphatic carbocycles. The maximum Gasteiger partial charge on any atom is 0.169 e. The third-order valence-corrected chi connectivity index (χ3v) is 2.64. The van der Waals surface area contributed by atoms with E-state index >= 15 is 0 Å². The summed E-state index contributed by atoms with van der Waals surface area (Å²) in [4.78, 5) is 12.0. The second-order valence-electron chi connectivity index (χ2n) is 4.34. The SMILES string of the molecule is CC(C)C(=O)c1cnn2cc(OCCO)ccc12. The number of pyridine rings is 1. The summed E-state index contributed by atoms with van der Waals surface area (Å²) in [5, 5.41) is 12.8. The molecule has 18 heavy (non-hydrogen) atoms. The molecule has 96 valence electrons. The van der Waals surface area contributed by atoms with E-state index in [4.69, 9.17) is 9.84 Å². The Bertz CT molecular complexity index is 560. The predicted octanol–water partition coefficient (Wildman–Crippen LogP) is 1.54. The first-order chi connectivity index (χ1) is 8.63. The van der Waals surface area contributed by atoms with Crippen molar-refractivity contribution >= 4 is 11.3 Å². The van der Waals surface area contributed by atoms with E-state index in [0.29, 0.717) is 11.3 Å². The molecular formula is C13H16N2O3. The lowest BCUT2D eigenvalue weighted by atomic mass is 10.0. The van der Waals surface area contributed by atoms with Crippen molar-refractivity contribution in [2.75, 3.05) is 13.2 Å². The van der Waals surface area contributed by atoms with E-state index in [9.17, 15) is 4.79 Å². The van der Waals surface area contributed by atoms with Gasteiger partial charge in [0.2, 0.25) is 0 Å². The van der Waals surface area contributed by atoms with E-state index < -0.39 is 0 Å². The summed E-state index contributed by atoms with van der Waals surface area (Å²) in [6.45, 7) is 3.94. The van der Waals surface area contributed by atoms with Crippen LogP contribution < -0.4 is 4.74 Å². The Kier molecular flexibility index (Phi) is 3.62. The zero-order valence-corrected chi connectivity index (χ0v) is 10.5. The van der Waals surface area contributed by atoms with E-state index in [1.807, 2.05) is 13.8 Å². The van der Waals surface area contributed by atoms with Gasteiger partial charge in [-0.15, -0.1) is 0 Å². The number of carbonyl (C=O) groups excluding carboxylic acids is 1. The van der Waals surface area contributed by atoms with E-state index in [2.05, 4.69) is 5.10 Å².